The third kappa shape index (κ3) is 5.41. The van der Waals surface area contributed by atoms with Gasteiger partial charge in [-0.15, -0.1) is 0 Å². The fraction of sp³-hybridized carbons (Fsp3) is 0.579. The van der Waals surface area contributed by atoms with Gasteiger partial charge in [-0.1, -0.05) is 25.5 Å². The van der Waals surface area contributed by atoms with Gasteiger partial charge in [0.25, 0.3) is 0 Å². The van der Waals surface area contributed by atoms with Crippen LogP contribution >= 0.6 is 0 Å². The monoisotopic (exact) mass is 373 g/mol. The quantitative estimate of drug-likeness (QED) is 0.619. The number of nitriles is 1. The minimum atomic E-state index is -1.17. The van der Waals surface area contributed by atoms with Crippen LogP contribution in [0.3, 0.4) is 0 Å². The van der Waals surface area contributed by atoms with Crippen LogP contribution < -0.4 is 5.73 Å². The summed E-state index contributed by atoms with van der Waals surface area (Å²) in [5.41, 5.74) is 5.35. The maximum atomic E-state index is 12.1. The number of rotatable bonds is 9. The molecule has 0 spiro atoms. The van der Waals surface area contributed by atoms with Crippen LogP contribution in [0.2, 0.25) is 0 Å². The third-order valence-electron chi connectivity index (χ3n) is 4.89. The van der Waals surface area contributed by atoms with E-state index in [0.29, 0.717) is 30.9 Å². The number of amidine groups is 1. The molecule has 0 saturated heterocycles. The van der Waals surface area contributed by atoms with Crippen LogP contribution in [0.5, 0.6) is 0 Å². The highest BCUT2D eigenvalue weighted by molar-refractivity contribution is 6.01. The summed E-state index contributed by atoms with van der Waals surface area (Å²) in [7, 11) is 1.46. The molecule has 2 N–H and O–H groups in total. The smallest absolute Gasteiger partial charge is 0.309 e. The summed E-state index contributed by atoms with van der Waals surface area (Å²) < 4.78 is 10.8. The number of carbonyl (C=O) groups excluding carboxylic acids is 1. The number of ether oxygens (including phenoxy) is 2. The van der Waals surface area contributed by atoms with Gasteiger partial charge >= 0.3 is 5.97 Å². The van der Waals surface area contributed by atoms with E-state index in [1.54, 1.807) is 17.2 Å². The van der Waals surface area contributed by atoms with Gasteiger partial charge in [0.2, 0.25) is 0 Å². The van der Waals surface area contributed by atoms with Crippen molar-refractivity contribution in [2.45, 2.75) is 44.1 Å². The van der Waals surface area contributed by atoms with E-state index in [-0.39, 0.29) is 18.5 Å². The van der Waals surface area contributed by atoms with Gasteiger partial charge in [0.05, 0.1) is 5.92 Å². The Kier molecular flexibility index (Phi) is 7.55. The van der Waals surface area contributed by atoms with Crippen molar-refractivity contribution in [2.24, 2.45) is 21.7 Å². The number of hydrogen-bond donors (Lipinski definition) is 1. The number of hydrogen-bond acceptors (Lipinski definition) is 8. The third-order valence-corrected chi connectivity index (χ3v) is 4.89. The van der Waals surface area contributed by atoms with Crippen LogP contribution in [-0.2, 0) is 14.3 Å². The fourth-order valence-electron chi connectivity index (χ4n) is 3.22. The Labute approximate surface area is 160 Å². The zero-order valence-electron chi connectivity index (χ0n) is 15.8. The van der Waals surface area contributed by atoms with E-state index in [4.69, 9.17) is 15.2 Å². The lowest BCUT2D eigenvalue weighted by Gasteiger charge is -2.28. The second kappa shape index (κ2) is 9.88. The van der Waals surface area contributed by atoms with Gasteiger partial charge in [0.15, 0.2) is 11.4 Å². The predicted molar refractivity (Wildman–Crippen MR) is 103 cm³/mol. The Hall–Kier alpha value is -2.66. The molecule has 2 aliphatic rings. The molecule has 0 radical (unpaired) electrons. The highest BCUT2D eigenvalue weighted by Crippen LogP contribution is 2.27. The van der Waals surface area contributed by atoms with Crippen LogP contribution in [0, 0.1) is 17.2 Å². The summed E-state index contributed by atoms with van der Waals surface area (Å²) in [5, 5.41) is 15.5. The molecule has 1 fully saturated rings. The van der Waals surface area contributed by atoms with Crippen LogP contribution in [0.4, 0.5) is 0 Å². The summed E-state index contributed by atoms with van der Waals surface area (Å²) in [6.07, 6.45) is 9.53. The Morgan fingerprint density at radius 2 is 2.30 bits per heavy atom. The number of nitrogens with two attached hydrogens (primary N) is 1. The van der Waals surface area contributed by atoms with E-state index < -0.39 is 5.60 Å². The standard InChI is InChI=1S/C19H27N5O3/c1-3-7-16-17(21)22-14-23-24(16)11-6-10-19(12-20,26-2)13-27-18(25)15-8-4-5-9-15/h3,7,14-15H,1,4-6,8-11,13H2,2H3,(H2,21,22,23)/b16-7-/t19-/m1/s1. The van der Waals surface area contributed by atoms with Crippen LogP contribution in [0.1, 0.15) is 38.5 Å². The van der Waals surface area contributed by atoms with Crippen molar-refractivity contribution >= 4 is 18.1 Å². The Balaban J connectivity index is 1.89. The Morgan fingerprint density at radius 1 is 1.56 bits per heavy atom. The second-order valence-electron chi connectivity index (χ2n) is 6.66. The molecule has 0 aromatic carbocycles. The molecule has 0 aromatic heterocycles. The Morgan fingerprint density at radius 3 is 2.93 bits per heavy atom. The maximum absolute atomic E-state index is 12.1. The molecule has 8 heteroatoms. The molecule has 2 rings (SSSR count). The molecular formula is C19H27N5O3. The predicted octanol–water partition coefficient (Wildman–Crippen LogP) is 2.09. The van der Waals surface area contributed by atoms with Crippen molar-refractivity contribution in [3.8, 4) is 6.07 Å². The van der Waals surface area contributed by atoms with Crippen molar-refractivity contribution in [1.82, 2.24) is 5.01 Å². The Bertz CT molecular complexity index is 673. The average Bonchev–Trinajstić information content (AvgIpc) is 3.22. The number of esters is 1. The summed E-state index contributed by atoms with van der Waals surface area (Å²) in [4.78, 5) is 16.1. The lowest BCUT2D eigenvalue weighted by Crippen LogP contribution is -2.38. The highest BCUT2D eigenvalue weighted by Gasteiger charge is 2.34. The molecule has 146 valence electrons. The van der Waals surface area contributed by atoms with Crippen molar-refractivity contribution in [3.05, 3.63) is 24.4 Å². The minimum Gasteiger partial charge on any atom is -0.461 e. The van der Waals surface area contributed by atoms with Crippen LogP contribution in [0.25, 0.3) is 0 Å². The number of nitrogens with zero attached hydrogens (tertiary/aromatic N) is 4. The summed E-state index contributed by atoms with van der Waals surface area (Å²) in [6, 6.07) is 2.16. The first-order valence-corrected chi connectivity index (χ1v) is 9.14. The lowest BCUT2D eigenvalue weighted by molar-refractivity contribution is -0.155. The van der Waals surface area contributed by atoms with E-state index in [1.807, 2.05) is 0 Å². The van der Waals surface area contributed by atoms with Crippen LogP contribution in [0.15, 0.2) is 34.5 Å². The molecule has 1 aliphatic heterocycles. The molecule has 0 unspecified atom stereocenters. The molecule has 0 amide bonds. The van der Waals surface area contributed by atoms with Crippen molar-refractivity contribution in [2.75, 3.05) is 20.3 Å². The zero-order valence-corrected chi connectivity index (χ0v) is 15.8. The first-order chi connectivity index (χ1) is 13.0. The largest absolute Gasteiger partial charge is 0.461 e. The normalized spacial score (nSPS) is 20.8. The van der Waals surface area contributed by atoms with Gasteiger partial charge in [-0.2, -0.15) is 10.4 Å². The highest BCUT2D eigenvalue weighted by atomic mass is 16.6. The van der Waals surface area contributed by atoms with Gasteiger partial charge in [-0.3, -0.25) is 9.80 Å². The average molecular weight is 373 g/mol. The number of allylic oxidation sites excluding steroid dienone is 2. The van der Waals surface area contributed by atoms with Gasteiger partial charge < -0.3 is 15.2 Å². The van der Waals surface area contributed by atoms with E-state index in [1.165, 1.54) is 13.4 Å². The number of hydrazone groups is 1. The fourth-order valence-corrected chi connectivity index (χ4v) is 3.22. The zero-order chi connectivity index (χ0) is 19.7. The molecule has 1 heterocycles. The topological polar surface area (TPSA) is 113 Å². The van der Waals surface area contributed by atoms with Crippen molar-refractivity contribution in [1.29, 1.82) is 5.26 Å². The number of methoxy groups -OCH3 is 1. The summed E-state index contributed by atoms with van der Waals surface area (Å²) in [6.45, 7) is 4.10. The van der Waals surface area contributed by atoms with Gasteiger partial charge in [0, 0.05) is 13.7 Å². The number of carbonyl (C=O) groups is 1. The minimum absolute atomic E-state index is 0.0465. The molecule has 1 aliphatic carbocycles. The molecule has 1 atom stereocenters. The van der Waals surface area contributed by atoms with Gasteiger partial charge in [-0.25, -0.2) is 4.99 Å². The van der Waals surface area contributed by atoms with Gasteiger partial charge in [-0.05, 0) is 31.8 Å². The SMILES string of the molecule is C=C/C=C1/C(N)=NC=NN1CCC[C@@](C#N)(COC(=O)C1CCCC1)OC. The molecule has 0 aromatic rings. The summed E-state index contributed by atoms with van der Waals surface area (Å²) in [5.74, 6) is 0.0773. The van der Waals surface area contributed by atoms with E-state index in [9.17, 15) is 10.1 Å². The molecule has 1 saturated carbocycles. The number of aliphatic imine (C=N–C) groups is 1. The van der Waals surface area contributed by atoms with E-state index in [2.05, 4.69) is 22.7 Å². The first-order valence-electron chi connectivity index (χ1n) is 9.14. The van der Waals surface area contributed by atoms with Crippen molar-refractivity contribution < 1.29 is 14.3 Å². The lowest BCUT2D eigenvalue weighted by atomic mass is 10.00. The summed E-state index contributed by atoms with van der Waals surface area (Å²) >= 11 is 0. The molecular weight excluding hydrogens is 346 g/mol. The molecule has 8 nitrogen and oxygen atoms in total. The maximum Gasteiger partial charge on any atom is 0.309 e. The molecule has 0 bridgehead atoms. The van der Waals surface area contributed by atoms with Gasteiger partial charge in [0.1, 0.15) is 24.7 Å². The molecule has 27 heavy (non-hydrogen) atoms. The van der Waals surface area contributed by atoms with Crippen LogP contribution in [-0.4, -0.2) is 49.0 Å². The first kappa shape index (κ1) is 20.6. The second-order valence-corrected chi connectivity index (χ2v) is 6.66. The van der Waals surface area contributed by atoms with E-state index >= 15 is 0 Å². The van der Waals surface area contributed by atoms with Crippen molar-refractivity contribution in [3.63, 3.8) is 0 Å². The van der Waals surface area contributed by atoms with E-state index in [0.717, 1.165) is 25.7 Å².